The zero-order chi connectivity index (χ0) is 11.0. The SMILES string of the molecule is CCOCCNCC(C)(O)CN(C)C. The first kappa shape index (κ1) is 13.8. The second kappa shape index (κ2) is 7.17. The van der Waals surface area contributed by atoms with Crippen LogP contribution < -0.4 is 5.32 Å². The van der Waals surface area contributed by atoms with Crippen LogP contribution in [-0.4, -0.2) is 62.6 Å². The molecule has 0 fully saturated rings. The molecule has 14 heavy (non-hydrogen) atoms. The van der Waals surface area contributed by atoms with Crippen molar-refractivity contribution in [1.29, 1.82) is 0 Å². The fourth-order valence-electron chi connectivity index (χ4n) is 1.38. The molecule has 2 N–H and O–H groups in total. The van der Waals surface area contributed by atoms with Crippen molar-refractivity contribution in [2.24, 2.45) is 0 Å². The standard InChI is InChI=1S/C10H24N2O2/c1-5-14-7-6-11-8-10(2,13)9-12(3)4/h11,13H,5-9H2,1-4H3. The van der Waals surface area contributed by atoms with Crippen LogP contribution in [0.3, 0.4) is 0 Å². The number of nitrogens with zero attached hydrogens (tertiary/aromatic N) is 1. The average molecular weight is 204 g/mol. The van der Waals surface area contributed by atoms with Gasteiger partial charge in [-0.05, 0) is 27.9 Å². The number of likely N-dealkylation sites (N-methyl/N-ethyl adjacent to an activating group) is 1. The molecule has 86 valence electrons. The molecule has 0 amide bonds. The van der Waals surface area contributed by atoms with Crippen molar-refractivity contribution in [2.45, 2.75) is 19.4 Å². The molecule has 0 aliphatic rings. The molecule has 0 spiro atoms. The van der Waals surface area contributed by atoms with E-state index in [9.17, 15) is 5.11 Å². The minimum absolute atomic E-state index is 0.595. The molecule has 0 aromatic carbocycles. The molecule has 0 saturated carbocycles. The minimum Gasteiger partial charge on any atom is -0.388 e. The fourth-order valence-corrected chi connectivity index (χ4v) is 1.38. The van der Waals surface area contributed by atoms with E-state index >= 15 is 0 Å². The highest BCUT2D eigenvalue weighted by atomic mass is 16.5. The molecule has 1 atom stereocenters. The summed E-state index contributed by atoms with van der Waals surface area (Å²) in [6.45, 7) is 7.30. The van der Waals surface area contributed by atoms with Gasteiger partial charge in [-0.2, -0.15) is 0 Å². The first-order valence-electron chi connectivity index (χ1n) is 5.13. The fraction of sp³-hybridized carbons (Fsp3) is 1.00. The van der Waals surface area contributed by atoms with Gasteiger partial charge < -0.3 is 20.1 Å². The number of hydrogen-bond donors (Lipinski definition) is 2. The Labute approximate surface area is 87.2 Å². The summed E-state index contributed by atoms with van der Waals surface area (Å²) < 4.78 is 5.17. The summed E-state index contributed by atoms with van der Waals surface area (Å²) in [5.74, 6) is 0. The lowest BCUT2D eigenvalue weighted by Crippen LogP contribution is -2.46. The number of rotatable bonds is 8. The normalized spacial score (nSPS) is 15.9. The summed E-state index contributed by atoms with van der Waals surface area (Å²) in [7, 11) is 3.91. The quantitative estimate of drug-likeness (QED) is 0.543. The van der Waals surface area contributed by atoms with Crippen LogP contribution >= 0.6 is 0 Å². The van der Waals surface area contributed by atoms with E-state index in [1.54, 1.807) is 0 Å². The van der Waals surface area contributed by atoms with Gasteiger partial charge in [0.15, 0.2) is 0 Å². The van der Waals surface area contributed by atoms with E-state index in [4.69, 9.17) is 4.74 Å². The van der Waals surface area contributed by atoms with Gasteiger partial charge in [0.25, 0.3) is 0 Å². The highest BCUT2D eigenvalue weighted by Crippen LogP contribution is 2.01. The van der Waals surface area contributed by atoms with Gasteiger partial charge in [0.1, 0.15) is 0 Å². The molecule has 0 rings (SSSR count). The van der Waals surface area contributed by atoms with Crippen molar-refractivity contribution in [3.8, 4) is 0 Å². The highest BCUT2D eigenvalue weighted by Gasteiger charge is 2.20. The molecule has 4 nitrogen and oxygen atoms in total. The van der Waals surface area contributed by atoms with Crippen molar-refractivity contribution in [3.05, 3.63) is 0 Å². The summed E-state index contributed by atoms with van der Waals surface area (Å²) in [4.78, 5) is 1.98. The van der Waals surface area contributed by atoms with E-state index in [0.29, 0.717) is 19.7 Å². The smallest absolute Gasteiger partial charge is 0.0869 e. The average Bonchev–Trinajstić information content (AvgIpc) is 2.01. The largest absolute Gasteiger partial charge is 0.388 e. The predicted molar refractivity (Wildman–Crippen MR) is 58.5 cm³/mol. The molecule has 0 saturated heterocycles. The number of aliphatic hydroxyl groups is 1. The Morgan fingerprint density at radius 1 is 1.43 bits per heavy atom. The predicted octanol–water partition coefficient (Wildman–Crippen LogP) is -0.0749. The Morgan fingerprint density at radius 2 is 2.07 bits per heavy atom. The second-order valence-electron chi connectivity index (χ2n) is 4.11. The third kappa shape index (κ3) is 8.44. The second-order valence-corrected chi connectivity index (χ2v) is 4.11. The van der Waals surface area contributed by atoms with Gasteiger partial charge in [0.05, 0.1) is 12.2 Å². The lowest BCUT2D eigenvalue weighted by atomic mass is 10.1. The van der Waals surface area contributed by atoms with Crippen LogP contribution in [0.25, 0.3) is 0 Å². The molecule has 0 heterocycles. The van der Waals surface area contributed by atoms with E-state index < -0.39 is 5.60 Å². The Hall–Kier alpha value is -0.160. The zero-order valence-electron chi connectivity index (χ0n) is 9.84. The third-order valence-corrected chi connectivity index (χ3v) is 1.79. The Kier molecular flexibility index (Phi) is 7.09. The van der Waals surface area contributed by atoms with Crippen molar-refractivity contribution in [3.63, 3.8) is 0 Å². The van der Waals surface area contributed by atoms with E-state index in [-0.39, 0.29) is 0 Å². The van der Waals surface area contributed by atoms with E-state index in [1.165, 1.54) is 0 Å². The lowest BCUT2D eigenvalue weighted by molar-refractivity contribution is 0.0319. The summed E-state index contributed by atoms with van der Waals surface area (Å²) in [6.07, 6.45) is 0. The molecule has 0 radical (unpaired) electrons. The molecule has 0 aromatic heterocycles. The summed E-state index contributed by atoms with van der Waals surface area (Å²) in [5.41, 5.74) is -0.671. The van der Waals surface area contributed by atoms with Crippen molar-refractivity contribution < 1.29 is 9.84 Å². The van der Waals surface area contributed by atoms with Gasteiger partial charge in [-0.3, -0.25) is 0 Å². The van der Waals surface area contributed by atoms with Crippen LogP contribution in [0.2, 0.25) is 0 Å². The molecule has 0 aromatic rings. The zero-order valence-corrected chi connectivity index (χ0v) is 9.84. The highest BCUT2D eigenvalue weighted by molar-refractivity contribution is 4.77. The Balaban J connectivity index is 3.45. The maximum atomic E-state index is 9.90. The first-order valence-corrected chi connectivity index (χ1v) is 5.13. The van der Waals surface area contributed by atoms with Crippen molar-refractivity contribution in [2.75, 3.05) is 46.9 Å². The van der Waals surface area contributed by atoms with Crippen LogP contribution in [0.1, 0.15) is 13.8 Å². The third-order valence-electron chi connectivity index (χ3n) is 1.79. The van der Waals surface area contributed by atoms with Crippen LogP contribution in [-0.2, 0) is 4.74 Å². The van der Waals surface area contributed by atoms with Crippen molar-refractivity contribution in [1.82, 2.24) is 10.2 Å². The maximum absolute atomic E-state index is 9.90. The first-order chi connectivity index (χ1) is 6.48. The maximum Gasteiger partial charge on any atom is 0.0869 e. The van der Waals surface area contributed by atoms with Crippen LogP contribution in [0.15, 0.2) is 0 Å². The van der Waals surface area contributed by atoms with E-state index in [0.717, 1.165) is 13.2 Å². The van der Waals surface area contributed by atoms with Crippen LogP contribution in [0, 0.1) is 0 Å². The molecule has 0 aliphatic carbocycles. The Bertz CT molecular complexity index is 138. The van der Waals surface area contributed by atoms with Gasteiger partial charge in [-0.1, -0.05) is 0 Å². The van der Waals surface area contributed by atoms with E-state index in [1.807, 2.05) is 32.8 Å². The van der Waals surface area contributed by atoms with Gasteiger partial charge in [-0.25, -0.2) is 0 Å². The Morgan fingerprint density at radius 3 is 2.57 bits per heavy atom. The van der Waals surface area contributed by atoms with Gasteiger partial charge in [-0.15, -0.1) is 0 Å². The monoisotopic (exact) mass is 204 g/mol. The summed E-state index contributed by atoms with van der Waals surface area (Å²) in [6, 6.07) is 0. The van der Waals surface area contributed by atoms with Crippen LogP contribution in [0.5, 0.6) is 0 Å². The van der Waals surface area contributed by atoms with E-state index in [2.05, 4.69) is 5.32 Å². The molecule has 4 heteroatoms. The lowest BCUT2D eigenvalue weighted by Gasteiger charge is -2.27. The van der Waals surface area contributed by atoms with Crippen LogP contribution in [0.4, 0.5) is 0 Å². The number of ether oxygens (including phenoxy) is 1. The van der Waals surface area contributed by atoms with Gasteiger partial charge in [0.2, 0.25) is 0 Å². The molecule has 0 aliphatic heterocycles. The molecular formula is C10H24N2O2. The summed E-state index contributed by atoms with van der Waals surface area (Å²) >= 11 is 0. The molecule has 1 unspecified atom stereocenters. The van der Waals surface area contributed by atoms with Gasteiger partial charge in [0, 0.05) is 26.2 Å². The summed E-state index contributed by atoms with van der Waals surface area (Å²) in [5, 5.41) is 13.1. The van der Waals surface area contributed by atoms with Crippen molar-refractivity contribution >= 4 is 0 Å². The van der Waals surface area contributed by atoms with Gasteiger partial charge >= 0.3 is 0 Å². The number of hydrogen-bond acceptors (Lipinski definition) is 4. The molecular weight excluding hydrogens is 180 g/mol. The molecule has 0 bridgehead atoms. The topological polar surface area (TPSA) is 44.7 Å². The number of nitrogens with one attached hydrogen (secondary N) is 1. The minimum atomic E-state index is -0.671.